The van der Waals surface area contributed by atoms with Gasteiger partial charge in [0.2, 0.25) is 5.91 Å². The summed E-state index contributed by atoms with van der Waals surface area (Å²) >= 11 is 0. The zero-order valence-corrected chi connectivity index (χ0v) is 12.8. The largest absolute Gasteiger partial charge is 0.348 e. The summed E-state index contributed by atoms with van der Waals surface area (Å²) in [4.78, 5) is 11.8. The fraction of sp³-hybridized carbons (Fsp3) is 0.263. The lowest BCUT2D eigenvalue weighted by atomic mass is 9.92. The minimum atomic E-state index is -0.00386. The Morgan fingerprint density at radius 3 is 2.57 bits per heavy atom. The fourth-order valence-corrected chi connectivity index (χ4v) is 2.94. The molecular formula is C19H19N3O. The van der Waals surface area contributed by atoms with E-state index in [1.807, 2.05) is 54.6 Å². The molecule has 4 nitrogen and oxygen atoms in total. The lowest BCUT2D eigenvalue weighted by Gasteiger charge is -2.33. The molecular weight excluding hydrogens is 286 g/mol. The average Bonchev–Trinajstić information content (AvgIpc) is 2.62. The highest BCUT2D eigenvalue weighted by atomic mass is 16.1. The Morgan fingerprint density at radius 2 is 1.87 bits per heavy atom. The van der Waals surface area contributed by atoms with E-state index in [0.29, 0.717) is 12.0 Å². The maximum atomic E-state index is 11.8. The van der Waals surface area contributed by atoms with Crippen molar-refractivity contribution in [2.75, 3.05) is 0 Å². The first-order chi connectivity index (χ1) is 11.3. The number of nitrogens with zero attached hydrogens (tertiary/aromatic N) is 1. The highest BCUT2D eigenvalue weighted by molar-refractivity contribution is 5.77. The molecule has 1 saturated heterocycles. The van der Waals surface area contributed by atoms with Gasteiger partial charge in [0.15, 0.2) is 0 Å². The van der Waals surface area contributed by atoms with Crippen molar-refractivity contribution in [3.63, 3.8) is 0 Å². The minimum absolute atomic E-state index is 0.00386. The number of nitrogens with one attached hydrogen (secondary N) is 2. The minimum Gasteiger partial charge on any atom is -0.348 e. The summed E-state index contributed by atoms with van der Waals surface area (Å²) in [7, 11) is 0. The van der Waals surface area contributed by atoms with Crippen LogP contribution in [-0.2, 0) is 11.3 Å². The van der Waals surface area contributed by atoms with Crippen molar-refractivity contribution in [2.45, 2.75) is 31.5 Å². The summed E-state index contributed by atoms with van der Waals surface area (Å²) in [6.07, 6.45) is 1.37. The van der Waals surface area contributed by atoms with Crippen LogP contribution in [0.3, 0.4) is 0 Å². The maximum absolute atomic E-state index is 11.8. The molecule has 1 heterocycles. The number of hydrogen-bond donors (Lipinski definition) is 2. The molecule has 116 valence electrons. The number of nitriles is 1. The Labute approximate surface area is 136 Å². The predicted molar refractivity (Wildman–Crippen MR) is 88.3 cm³/mol. The molecule has 0 unspecified atom stereocenters. The molecule has 2 aromatic rings. The van der Waals surface area contributed by atoms with Crippen molar-refractivity contribution in [3.05, 3.63) is 71.3 Å². The van der Waals surface area contributed by atoms with Gasteiger partial charge in [0.1, 0.15) is 0 Å². The van der Waals surface area contributed by atoms with Crippen LogP contribution in [0.1, 0.15) is 35.6 Å². The summed E-state index contributed by atoms with van der Waals surface area (Å²) in [5, 5.41) is 15.5. The van der Waals surface area contributed by atoms with E-state index in [-0.39, 0.29) is 18.0 Å². The van der Waals surface area contributed by atoms with E-state index >= 15 is 0 Å². The lowest BCUT2D eigenvalue weighted by molar-refractivity contribution is -0.123. The number of piperidine rings is 1. The summed E-state index contributed by atoms with van der Waals surface area (Å²) < 4.78 is 0. The van der Waals surface area contributed by atoms with Crippen LogP contribution >= 0.6 is 0 Å². The van der Waals surface area contributed by atoms with Crippen molar-refractivity contribution >= 4 is 5.91 Å². The van der Waals surface area contributed by atoms with Gasteiger partial charge < -0.3 is 10.6 Å². The molecule has 0 aromatic heterocycles. The van der Waals surface area contributed by atoms with Crippen LogP contribution in [0.5, 0.6) is 0 Å². The third-order valence-electron chi connectivity index (χ3n) is 4.21. The van der Waals surface area contributed by atoms with Crippen LogP contribution < -0.4 is 10.6 Å². The molecule has 2 atom stereocenters. The summed E-state index contributed by atoms with van der Waals surface area (Å²) in [6.45, 7) is 0.718. The molecule has 1 aliphatic heterocycles. The summed E-state index contributed by atoms with van der Waals surface area (Å²) in [5.74, 6) is 0.107. The van der Waals surface area contributed by atoms with E-state index in [4.69, 9.17) is 5.26 Å². The highest BCUT2D eigenvalue weighted by Gasteiger charge is 2.29. The molecule has 0 radical (unpaired) electrons. The van der Waals surface area contributed by atoms with Crippen molar-refractivity contribution in [1.82, 2.24) is 10.6 Å². The van der Waals surface area contributed by atoms with E-state index in [1.54, 1.807) is 0 Å². The molecule has 3 rings (SSSR count). The van der Waals surface area contributed by atoms with Gasteiger partial charge in [0, 0.05) is 19.0 Å². The summed E-state index contributed by atoms with van der Waals surface area (Å²) in [5.41, 5.74) is 2.92. The first kappa shape index (κ1) is 15.3. The predicted octanol–water partition coefficient (Wildman–Crippen LogP) is 2.67. The molecule has 2 N–H and O–H groups in total. The van der Waals surface area contributed by atoms with Gasteiger partial charge in [-0.25, -0.2) is 0 Å². The molecule has 1 fully saturated rings. The molecule has 23 heavy (non-hydrogen) atoms. The number of carbonyl (C=O) groups excluding carboxylic acids is 1. The molecule has 0 aliphatic carbocycles. The Balaban J connectivity index is 1.69. The van der Waals surface area contributed by atoms with E-state index in [0.717, 1.165) is 24.1 Å². The van der Waals surface area contributed by atoms with Gasteiger partial charge in [-0.2, -0.15) is 5.26 Å². The fourth-order valence-electron chi connectivity index (χ4n) is 2.94. The van der Waals surface area contributed by atoms with Crippen LogP contribution in [0.2, 0.25) is 0 Å². The molecule has 4 heteroatoms. The molecule has 0 spiro atoms. The van der Waals surface area contributed by atoms with Gasteiger partial charge in [-0.3, -0.25) is 4.79 Å². The van der Waals surface area contributed by atoms with Crippen LogP contribution in [0.15, 0.2) is 54.6 Å². The van der Waals surface area contributed by atoms with E-state index in [2.05, 4.69) is 16.7 Å². The van der Waals surface area contributed by atoms with Crippen molar-refractivity contribution in [2.24, 2.45) is 0 Å². The van der Waals surface area contributed by atoms with Gasteiger partial charge in [-0.15, -0.1) is 0 Å². The maximum Gasteiger partial charge on any atom is 0.220 e. The first-order valence-corrected chi connectivity index (χ1v) is 7.83. The number of hydrogen-bond acceptors (Lipinski definition) is 3. The van der Waals surface area contributed by atoms with Crippen LogP contribution in [0.4, 0.5) is 0 Å². The van der Waals surface area contributed by atoms with Crippen LogP contribution in [0, 0.1) is 11.3 Å². The third kappa shape index (κ3) is 3.77. The average molecular weight is 305 g/mol. The Hall–Kier alpha value is -2.64. The highest BCUT2D eigenvalue weighted by Crippen LogP contribution is 2.24. The normalized spacial score (nSPS) is 20.6. The second-order valence-corrected chi connectivity index (χ2v) is 5.79. The van der Waals surface area contributed by atoms with Crippen LogP contribution in [-0.4, -0.2) is 11.9 Å². The van der Waals surface area contributed by atoms with E-state index in [9.17, 15) is 4.79 Å². The SMILES string of the molecule is N#Cc1ccc(CN[C@@H]2CCC(=O)N[C@H]2c2ccccc2)cc1. The Bertz CT molecular complexity index is 704. The monoisotopic (exact) mass is 305 g/mol. The quantitative estimate of drug-likeness (QED) is 0.912. The molecule has 0 saturated carbocycles. The Kier molecular flexibility index (Phi) is 4.70. The van der Waals surface area contributed by atoms with Crippen molar-refractivity contribution in [1.29, 1.82) is 5.26 Å². The van der Waals surface area contributed by atoms with Gasteiger partial charge >= 0.3 is 0 Å². The van der Waals surface area contributed by atoms with Crippen LogP contribution in [0.25, 0.3) is 0 Å². The third-order valence-corrected chi connectivity index (χ3v) is 4.21. The molecule has 0 bridgehead atoms. The number of rotatable bonds is 4. The van der Waals surface area contributed by atoms with Crippen molar-refractivity contribution in [3.8, 4) is 6.07 Å². The molecule has 1 aliphatic rings. The lowest BCUT2D eigenvalue weighted by Crippen LogP contribution is -2.48. The number of benzene rings is 2. The second kappa shape index (κ2) is 7.08. The van der Waals surface area contributed by atoms with Gasteiger partial charge in [-0.1, -0.05) is 42.5 Å². The standard InChI is InChI=1S/C19H19N3O/c20-12-14-6-8-15(9-7-14)13-21-17-10-11-18(23)22-19(17)16-4-2-1-3-5-16/h1-9,17,19,21H,10-11,13H2,(H,22,23)/t17-,19+/m1/s1. The molecule has 2 aromatic carbocycles. The smallest absolute Gasteiger partial charge is 0.220 e. The summed E-state index contributed by atoms with van der Waals surface area (Å²) in [6, 6.07) is 20.0. The van der Waals surface area contributed by atoms with E-state index < -0.39 is 0 Å². The zero-order chi connectivity index (χ0) is 16.1. The number of carbonyl (C=O) groups is 1. The van der Waals surface area contributed by atoms with Crippen molar-refractivity contribution < 1.29 is 4.79 Å². The number of amides is 1. The van der Waals surface area contributed by atoms with Gasteiger partial charge in [-0.05, 0) is 29.7 Å². The van der Waals surface area contributed by atoms with Gasteiger partial charge in [0.25, 0.3) is 0 Å². The zero-order valence-electron chi connectivity index (χ0n) is 12.8. The first-order valence-electron chi connectivity index (χ1n) is 7.83. The second-order valence-electron chi connectivity index (χ2n) is 5.79. The molecule has 1 amide bonds. The van der Waals surface area contributed by atoms with E-state index in [1.165, 1.54) is 0 Å². The van der Waals surface area contributed by atoms with Gasteiger partial charge in [0.05, 0.1) is 17.7 Å². The topological polar surface area (TPSA) is 64.9 Å². The Morgan fingerprint density at radius 1 is 1.13 bits per heavy atom.